The Morgan fingerprint density at radius 2 is 1.71 bits per heavy atom. The third kappa shape index (κ3) is 3.98. The van der Waals surface area contributed by atoms with Crippen LogP contribution in [0, 0.1) is 18.6 Å². The van der Waals surface area contributed by atoms with E-state index < -0.39 is 40.5 Å². The van der Waals surface area contributed by atoms with Gasteiger partial charge in [0.25, 0.3) is 0 Å². The van der Waals surface area contributed by atoms with Crippen LogP contribution >= 0.6 is 22.9 Å². The lowest BCUT2D eigenvalue weighted by molar-refractivity contribution is -0.142. The number of halogens is 6. The summed E-state index contributed by atoms with van der Waals surface area (Å²) in [5, 5.41) is 16.1. The van der Waals surface area contributed by atoms with Crippen LogP contribution in [0.4, 0.5) is 22.0 Å². The molecule has 0 saturated carbocycles. The molecule has 0 amide bonds. The monoisotopic (exact) mass is 523 g/mol. The van der Waals surface area contributed by atoms with E-state index in [2.05, 4.69) is 20.5 Å². The number of hydrogen-bond acceptors (Lipinski definition) is 6. The first kappa shape index (κ1) is 23.1. The maximum atomic E-state index is 14.8. The first-order valence-corrected chi connectivity index (χ1v) is 11.0. The quantitative estimate of drug-likeness (QED) is 0.238. The lowest BCUT2D eigenvalue weighted by atomic mass is 10.0. The highest BCUT2D eigenvalue weighted by Gasteiger charge is 2.42. The van der Waals surface area contributed by atoms with Gasteiger partial charge >= 0.3 is 6.18 Å². The van der Waals surface area contributed by atoms with E-state index in [4.69, 9.17) is 16.1 Å². The van der Waals surface area contributed by atoms with Crippen molar-refractivity contribution < 1.29 is 26.5 Å². The van der Waals surface area contributed by atoms with Crippen molar-refractivity contribution in [1.29, 1.82) is 0 Å². The van der Waals surface area contributed by atoms with Crippen LogP contribution in [0.15, 0.2) is 53.2 Å². The standard InChI is InChI=1S/C22H11ClF5N5OS/c1-10-30-31-21(35-10)17-18(16-12(23)5-4-7-14(16)25)32-34-19(17)11-9-29-33(20(11)22(26,27)28)15-8-3-2-6-13(15)24/h2-9H,1H3. The number of nitrogens with zero attached hydrogens (tertiary/aromatic N) is 5. The normalized spacial score (nSPS) is 11.9. The average molecular weight is 524 g/mol. The zero-order chi connectivity index (χ0) is 24.9. The van der Waals surface area contributed by atoms with E-state index in [0.29, 0.717) is 9.69 Å². The minimum atomic E-state index is -4.98. The summed E-state index contributed by atoms with van der Waals surface area (Å²) in [6.45, 7) is 1.64. The highest BCUT2D eigenvalue weighted by molar-refractivity contribution is 7.14. The van der Waals surface area contributed by atoms with Gasteiger partial charge in [0.15, 0.2) is 16.5 Å². The van der Waals surface area contributed by atoms with Crippen molar-refractivity contribution in [3.05, 3.63) is 76.0 Å². The molecule has 3 aromatic heterocycles. The van der Waals surface area contributed by atoms with Gasteiger partial charge in [0.1, 0.15) is 28.0 Å². The molecule has 5 rings (SSSR count). The Morgan fingerprint density at radius 3 is 2.37 bits per heavy atom. The van der Waals surface area contributed by atoms with E-state index in [1.807, 2.05) is 0 Å². The van der Waals surface area contributed by atoms with E-state index in [-0.39, 0.29) is 26.9 Å². The molecule has 13 heteroatoms. The molecule has 0 saturated heterocycles. The average Bonchev–Trinajstić information content (AvgIpc) is 3.51. The molecular weight excluding hydrogens is 513 g/mol. The molecule has 0 fully saturated rings. The second-order valence-corrected chi connectivity index (χ2v) is 8.81. The van der Waals surface area contributed by atoms with Gasteiger partial charge in [-0.25, -0.2) is 13.5 Å². The second kappa shape index (κ2) is 8.54. The lowest BCUT2D eigenvalue weighted by Crippen LogP contribution is -2.15. The van der Waals surface area contributed by atoms with Crippen molar-refractivity contribution >= 4 is 22.9 Å². The Bertz CT molecular complexity index is 1540. The third-order valence-electron chi connectivity index (χ3n) is 4.99. The molecule has 0 spiro atoms. The smallest absolute Gasteiger partial charge is 0.355 e. The van der Waals surface area contributed by atoms with E-state index >= 15 is 0 Å². The first-order chi connectivity index (χ1) is 16.7. The van der Waals surface area contributed by atoms with Crippen molar-refractivity contribution in [2.75, 3.05) is 0 Å². The van der Waals surface area contributed by atoms with Crippen LogP contribution < -0.4 is 0 Å². The molecule has 0 unspecified atom stereocenters. The summed E-state index contributed by atoms with van der Waals surface area (Å²) in [6.07, 6.45) is -4.11. The van der Waals surface area contributed by atoms with Crippen molar-refractivity contribution in [1.82, 2.24) is 25.1 Å². The molecule has 35 heavy (non-hydrogen) atoms. The minimum Gasteiger partial charge on any atom is -0.355 e. The SMILES string of the molecule is Cc1nnc(-c2c(-c3c(F)cccc3Cl)noc2-c2cnn(-c3ccccc3F)c2C(F)(F)F)s1. The molecule has 0 bridgehead atoms. The molecule has 0 N–H and O–H groups in total. The van der Waals surface area contributed by atoms with Gasteiger partial charge in [-0.05, 0) is 31.2 Å². The van der Waals surface area contributed by atoms with Crippen LogP contribution in [0.25, 0.3) is 38.8 Å². The van der Waals surface area contributed by atoms with Gasteiger partial charge < -0.3 is 4.52 Å². The van der Waals surface area contributed by atoms with Gasteiger partial charge in [0.05, 0.1) is 27.9 Å². The van der Waals surface area contributed by atoms with Crippen LogP contribution in [-0.2, 0) is 6.18 Å². The predicted molar refractivity (Wildman–Crippen MR) is 118 cm³/mol. The van der Waals surface area contributed by atoms with Gasteiger partial charge in [-0.3, -0.25) is 0 Å². The van der Waals surface area contributed by atoms with Crippen molar-refractivity contribution in [3.63, 3.8) is 0 Å². The number of hydrogen-bond donors (Lipinski definition) is 0. The van der Waals surface area contributed by atoms with Crippen LogP contribution in [0.5, 0.6) is 0 Å². The van der Waals surface area contributed by atoms with Crippen molar-refractivity contribution in [2.24, 2.45) is 0 Å². The van der Waals surface area contributed by atoms with E-state index in [0.717, 1.165) is 35.7 Å². The Hall–Kier alpha value is -3.64. The van der Waals surface area contributed by atoms with E-state index in [1.54, 1.807) is 6.92 Å². The largest absolute Gasteiger partial charge is 0.434 e. The lowest BCUT2D eigenvalue weighted by Gasteiger charge is -2.13. The highest BCUT2D eigenvalue weighted by Crippen LogP contribution is 2.47. The summed E-state index contributed by atoms with van der Waals surface area (Å²) in [7, 11) is 0. The summed E-state index contributed by atoms with van der Waals surface area (Å²) in [5.74, 6) is -2.08. The van der Waals surface area contributed by atoms with Crippen LogP contribution in [0.3, 0.4) is 0 Å². The third-order valence-corrected chi connectivity index (χ3v) is 6.17. The minimum absolute atomic E-state index is 0.0366. The molecule has 178 valence electrons. The Kier molecular flexibility index (Phi) is 5.64. The van der Waals surface area contributed by atoms with E-state index in [1.165, 1.54) is 24.3 Å². The van der Waals surface area contributed by atoms with Crippen LogP contribution in [0.2, 0.25) is 5.02 Å². The molecule has 6 nitrogen and oxygen atoms in total. The maximum absolute atomic E-state index is 14.8. The molecule has 3 heterocycles. The Balaban J connectivity index is 1.83. The molecule has 2 aromatic carbocycles. The van der Waals surface area contributed by atoms with Gasteiger partial charge in [-0.1, -0.05) is 46.3 Å². The maximum Gasteiger partial charge on any atom is 0.434 e. The summed E-state index contributed by atoms with van der Waals surface area (Å²) in [5.41, 5.74) is -2.67. The summed E-state index contributed by atoms with van der Waals surface area (Å²) >= 11 is 7.23. The van der Waals surface area contributed by atoms with Crippen molar-refractivity contribution in [3.8, 4) is 38.8 Å². The van der Waals surface area contributed by atoms with Gasteiger partial charge in [0.2, 0.25) is 0 Å². The number of alkyl halides is 3. The van der Waals surface area contributed by atoms with Crippen LogP contribution in [0.1, 0.15) is 10.7 Å². The zero-order valence-electron chi connectivity index (χ0n) is 17.4. The number of para-hydroxylation sites is 1. The number of aromatic nitrogens is 5. The number of benzene rings is 2. The number of rotatable bonds is 4. The van der Waals surface area contributed by atoms with Gasteiger partial charge in [-0.15, -0.1) is 10.2 Å². The molecule has 0 atom stereocenters. The molecular formula is C22H11ClF5N5OS. The molecule has 0 aliphatic heterocycles. The number of aryl methyl sites for hydroxylation is 1. The summed E-state index contributed by atoms with van der Waals surface area (Å²) in [6, 6.07) is 8.79. The topological polar surface area (TPSA) is 69.6 Å². The Morgan fingerprint density at radius 1 is 0.971 bits per heavy atom. The van der Waals surface area contributed by atoms with Gasteiger partial charge in [-0.2, -0.15) is 18.3 Å². The zero-order valence-corrected chi connectivity index (χ0v) is 19.0. The highest BCUT2D eigenvalue weighted by atomic mass is 35.5. The molecule has 0 aliphatic carbocycles. The van der Waals surface area contributed by atoms with Crippen LogP contribution in [-0.4, -0.2) is 25.1 Å². The molecule has 0 aliphatic rings. The van der Waals surface area contributed by atoms with Crippen molar-refractivity contribution in [2.45, 2.75) is 13.1 Å². The second-order valence-electron chi connectivity index (χ2n) is 7.23. The first-order valence-electron chi connectivity index (χ1n) is 9.82. The van der Waals surface area contributed by atoms with Gasteiger partial charge in [0, 0.05) is 0 Å². The summed E-state index contributed by atoms with van der Waals surface area (Å²) < 4.78 is 77.8. The fraction of sp³-hybridized carbons (Fsp3) is 0.0909. The molecule has 0 radical (unpaired) electrons. The predicted octanol–water partition coefficient (Wildman–Crippen LogP) is 6.97. The fourth-order valence-electron chi connectivity index (χ4n) is 3.56. The Labute approximate surface area is 202 Å². The fourth-order valence-corrected chi connectivity index (χ4v) is 4.55. The summed E-state index contributed by atoms with van der Waals surface area (Å²) in [4.78, 5) is 0. The van der Waals surface area contributed by atoms with E-state index in [9.17, 15) is 22.0 Å². The molecule has 5 aromatic rings.